The molecule has 0 spiro atoms. The Morgan fingerprint density at radius 1 is 1.50 bits per heavy atom. The normalized spacial score (nSPS) is 12.6. The van der Waals surface area contributed by atoms with Gasteiger partial charge in [0, 0.05) is 0 Å². The van der Waals surface area contributed by atoms with Crippen LogP contribution < -0.4 is 4.74 Å². The van der Waals surface area contributed by atoms with E-state index in [0.29, 0.717) is 5.75 Å². The van der Waals surface area contributed by atoms with E-state index < -0.39 is 6.29 Å². The van der Waals surface area contributed by atoms with Crippen molar-refractivity contribution in [1.29, 1.82) is 0 Å². The summed E-state index contributed by atoms with van der Waals surface area (Å²) in [4.78, 5) is 0. The summed E-state index contributed by atoms with van der Waals surface area (Å²) in [5.41, 5.74) is 0. The molecule has 0 amide bonds. The highest BCUT2D eigenvalue weighted by Gasteiger charge is 1.94. The predicted octanol–water partition coefficient (Wildman–Crippen LogP) is 1.20. The fourth-order valence-electron chi connectivity index (χ4n) is 0.647. The van der Waals surface area contributed by atoms with E-state index in [1.807, 2.05) is 0 Å². The number of ether oxygens (including phenoxy) is 1. The molecule has 2 nitrogen and oxygen atoms in total. The molecule has 1 atom stereocenters. The lowest BCUT2D eigenvalue weighted by atomic mass is 10.3. The van der Waals surface area contributed by atoms with Gasteiger partial charge >= 0.3 is 0 Å². The molecule has 0 aliphatic heterocycles. The highest BCUT2D eigenvalue weighted by Crippen LogP contribution is 2.08. The SMILES string of the molecule is C[C@@H](O)Oc1cc[c]cc1. The zero-order valence-corrected chi connectivity index (χ0v) is 5.74. The highest BCUT2D eigenvalue weighted by molar-refractivity contribution is 5.20. The molecule has 0 aromatic heterocycles. The average molecular weight is 137 g/mol. The molecule has 2 heteroatoms. The summed E-state index contributed by atoms with van der Waals surface area (Å²) in [6.45, 7) is 1.57. The molecule has 0 saturated heterocycles. The smallest absolute Gasteiger partial charge is 0.194 e. The van der Waals surface area contributed by atoms with Crippen LogP contribution in [0.15, 0.2) is 24.3 Å². The van der Waals surface area contributed by atoms with Gasteiger partial charge in [0.25, 0.3) is 0 Å². The topological polar surface area (TPSA) is 29.5 Å². The van der Waals surface area contributed by atoms with Gasteiger partial charge in [-0.15, -0.1) is 0 Å². The van der Waals surface area contributed by atoms with Crippen molar-refractivity contribution in [1.82, 2.24) is 0 Å². The van der Waals surface area contributed by atoms with Gasteiger partial charge in [-0.1, -0.05) is 12.1 Å². The molecule has 1 radical (unpaired) electrons. The van der Waals surface area contributed by atoms with E-state index in [0.717, 1.165) is 0 Å². The number of aliphatic hydroxyl groups excluding tert-OH is 1. The van der Waals surface area contributed by atoms with Crippen LogP contribution in [0.1, 0.15) is 6.92 Å². The second kappa shape index (κ2) is 3.22. The van der Waals surface area contributed by atoms with E-state index in [-0.39, 0.29) is 0 Å². The van der Waals surface area contributed by atoms with Crippen LogP contribution in [-0.4, -0.2) is 11.4 Å². The molecule has 0 fully saturated rings. The first-order valence-electron chi connectivity index (χ1n) is 3.10. The Balaban J connectivity index is 2.59. The zero-order chi connectivity index (χ0) is 7.40. The van der Waals surface area contributed by atoms with Crippen molar-refractivity contribution < 1.29 is 9.84 Å². The maximum Gasteiger partial charge on any atom is 0.194 e. The molecule has 1 aromatic carbocycles. The maximum absolute atomic E-state index is 8.77. The summed E-state index contributed by atoms with van der Waals surface area (Å²) in [5.74, 6) is 0.661. The van der Waals surface area contributed by atoms with Gasteiger partial charge in [0.2, 0.25) is 0 Å². The lowest BCUT2D eigenvalue weighted by molar-refractivity contribution is -0.000290. The molecule has 0 aliphatic rings. The van der Waals surface area contributed by atoms with E-state index >= 15 is 0 Å². The molecule has 1 rings (SSSR count). The van der Waals surface area contributed by atoms with Crippen LogP contribution in [0.3, 0.4) is 0 Å². The third kappa shape index (κ3) is 2.07. The highest BCUT2D eigenvalue weighted by atomic mass is 16.6. The van der Waals surface area contributed by atoms with E-state index in [9.17, 15) is 0 Å². The van der Waals surface area contributed by atoms with Crippen LogP contribution in [0.4, 0.5) is 0 Å². The summed E-state index contributed by atoms with van der Waals surface area (Å²) in [7, 11) is 0. The van der Waals surface area contributed by atoms with E-state index in [2.05, 4.69) is 6.07 Å². The van der Waals surface area contributed by atoms with Crippen LogP contribution in [-0.2, 0) is 0 Å². The van der Waals surface area contributed by atoms with Crippen molar-refractivity contribution in [2.24, 2.45) is 0 Å². The van der Waals surface area contributed by atoms with Crippen LogP contribution in [0.5, 0.6) is 5.75 Å². The Kier molecular flexibility index (Phi) is 2.29. The molecule has 1 N–H and O–H groups in total. The van der Waals surface area contributed by atoms with Gasteiger partial charge in [-0.05, 0) is 25.1 Å². The van der Waals surface area contributed by atoms with Crippen LogP contribution >= 0.6 is 0 Å². The van der Waals surface area contributed by atoms with Crippen molar-refractivity contribution in [3.05, 3.63) is 30.3 Å². The summed E-state index contributed by atoms with van der Waals surface area (Å²) >= 11 is 0. The number of benzene rings is 1. The summed E-state index contributed by atoms with van der Waals surface area (Å²) in [6.07, 6.45) is -0.748. The van der Waals surface area contributed by atoms with Crippen molar-refractivity contribution in [2.45, 2.75) is 13.2 Å². The third-order valence-corrected chi connectivity index (χ3v) is 0.994. The molecule has 0 unspecified atom stereocenters. The fraction of sp³-hybridized carbons (Fsp3) is 0.250. The van der Waals surface area contributed by atoms with Crippen molar-refractivity contribution >= 4 is 0 Å². The molecule has 0 aliphatic carbocycles. The number of rotatable bonds is 2. The second-order valence-electron chi connectivity index (χ2n) is 1.95. The fourth-order valence-corrected chi connectivity index (χ4v) is 0.647. The van der Waals surface area contributed by atoms with E-state index in [4.69, 9.17) is 9.84 Å². The first-order chi connectivity index (χ1) is 4.79. The minimum absolute atomic E-state index is 0.661. The second-order valence-corrected chi connectivity index (χ2v) is 1.95. The maximum atomic E-state index is 8.77. The van der Waals surface area contributed by atoms with E-state index in [1.165, 1.54) is 0 Å². The van der Waals surface area contributed by atoms with Crippen LogP contribution in [0, 0.1) is 6.07 Å². The summed E-state index contributed by atoms with van der Waals surface area (Å²) < 4.78 is 4.95. The number of hydrogen-bond donors (Lipinski definition) is 1. The Morgan fingerprint density at radius 2 is 2.10 bits per heavy atom. The summed E-state index contributed by atoms with van der Waals surface area (Å²) in [6, 6.07) is 9.80. The predicted molar refractivity (Wildman–Crippen MR) is 37.6 cm³/mol. The first kappa shape index (κ1) is 7.09. The number of aliphatic hydroxyl groups is 1. The monoisotopic (exact) mass is 137 g/mol. The Hall–Kier alpha value is -1.02. The van der Waals surface area contributed by atoms with Crippen molar-refractivity contribution in [2.75, 3.05) is 0 Å². The largest absolute Gasteiger partial charge is 0.465 e. The van der Waals surface area contributed by atoms with Crippen LogP contribution in [0.25, 0.3) is 0 Å². The molecular formula is C8H9O2. The molecule has 1 aromatic rings. The van der Waals surface area contributed by atoms with Gasteiger partial charge in [0.1, 0.15) is 5.75 Å². The van der Waals surface area contributed by atoms with Crippen molar-refractivity contribution in [3.63, 3.8) is 0 Å². The van der Waals surface area contributed by atoms with Crippen molar-refractivity contribution in [3.8, 4) is 5.75 Å². The molecular weight excluding hydrogens is 128 g/mol. The molecule has 0 heterocycles. The van der Waals surface area contributed by atoms with Gasteiger partial charge < -0.3 is 9.84 Å². The molecule has 10 heavy (non-hydrogen) atoms. The van der Waals surface area contributed by atoms with Gasteiger partial charge in [0.15, 0.2) is 6.29 Å². The average Bonchev–Trinajstić information content (AvgIpc) is 1.88. The lowest BCUT2D eigenvalue weighted by Gasteiger charge is -2.06. The Morgan fingerprint density at radius 3 is 2.60 bits per heavy atom. The van der Waals surface area contributed by atoms with Gasteiger partial charge in [-0.25, -0.2) is 0 Å². The third-order valence-electron chi connectivity index (χ3n) is 0.994. The molecule has 0 bridgehead atoms. The quantitative estimate of drug-likeness (QED) is 0.621. The minimum atomic E-state index is -0.748. The van der Waals surface area contributed by atoms with Gasteiger partial charge in [0.05, 0.1) is 0 Å². The van der Waals surface area contributed by atoms with Crippen LogP contribution in [0.2, 0.25) is 0 Å². The first-order valence-corrected chi connectivity index (χ1v) is 3.10. The molecule has 53 valence electrons. The van der Waals surface area contributed by atoms with Gasteiger partial charge in [-0.2, -0.15) is 0 Å². The summed E-state index contributed by atoms with van der Waals surface area (Å²) in [5, 5.41) is 8.77. The Labute approximate surface area is 60.1 Å². The standard InChI is InChI=1S/C8H9O2/c1-7(9)10-8-5-3-2-4-6-8/h3-7,9H,1H3/t7-/m0/s1. The lowest BCUT2D eigenvalue weighted by Crippen LogP contribution is -2.09. The zero-order valence-electron chi connectivity index (χ0n) is 5.74. The Bertz CT molecular complexity index is 182. The molecule has 0 saturated carbocycles. The number of hydrogen-bond acceptors (Lipinski definition) is 2. The van der Waals surface area contributed by atoms with E-state index in [1.54, 1.807) is 31.2 Å². The van der Waals surface area contributed by atoms with Gasteiger partial charge in [-0.3, -0.25) is 0 Å². The minimum Gasteiger partial charge on any atom is -0.465 e.